The van der Waals surface area contributed by atoms with E-state index >= 15 is 0 Å². The molecule has 1 heterocycles. The first kappa shape index (κ1) is 14.5. The van der Waals surface area contributed by atoms with Crippen LogP contribution in [0.1, 0.15) is 0 Å². The van der Waals surface area contributed by atoms with Gasteiger partial charge in [0.25, 0.3) is 0 Å². The molecule has 0 saturated carbocycles. The largest absolute Gasteiger partial charge is 0.260 e. The second-order valence-electron chi connectivity index (χ2n) is 4.58. The lowest BCUT2D eigenvalue weighted by Crippen LogP contribution is -1.85. The molecule has 3 aromatic rings. The number of pyridine rings is 1. The van der Waals surface area contributed by atoms with Gasteiger partial charge in [-0.3, -0.25) is 5.43 Å². The third kappa shape index (κ3) is 4.53. The van der Waals surface area contributed by atoms with Gasteiger partial charge < -0.3 is 0 Å². The van der Waals surface area contributed by atoms with Gasteiger partial charge in [-0.1, -0.05) is 29.5 Å². The maximum absolute atomic E-state index is 4.18. The monoisotopic (exact) mass is 302 g/mol. The summed E-state index contributed by atoms with van der Waals surface area (Å²) in [6.07, 6.45) is 1.67. The summed E-state index contributed by atoms with van der Waals surface area (Å²) >= 11 is 0. The van der Waals surface area contributed by atoms with Crippen molar-refractivity contribution in [1.29, 1.82) is 0 Å². The fourth-order valence-corrected chi connectivity index (χ4v) is 1.76. The molecule has 0 bridgehead atoms. The Hall–Kier alpha value is -3.41. The van der Waals surface area contributed by atoms with Gasteiger partial charge in [-0.2, -0.15) is 10.2 Å². The van der Waals surface area contributed by atoms with Crippen molar-refractivity contribution in [1.82, 2.24) is 4.98 Å². The smallest absolute Gasteiger partial charge is 0.176 e. The van der Waals surface area contributed by atoms with E-state index < -0.39 is 0 Å². The molecule has 0 amide bonds. The van der Waals surface area contributed by atoms with Crippen molar-refractivity contribution in [3.63, 3.8) is 0 Å². The fraction of sp³-hybridized carbons (Fsp3) is 0. The molecule has 0 radical (unpaired) electrons. The molecule has 23 heavy (non-hydrogen) atoms. The molecular weight excluding hydrogens is 288 g/mol. The molecule has 1 aromatic heterocycles. The van der Waals surface area contributed by atoms with Crippen LogP contribution in [0.25, 0.3) is 0 Å². The van der Waals surface area contributed by atoms with Crippen LogP contribution < -0.4 is 5.43 Å². The maximum atomic E-state index is 4.18. The quantitative estimate of drug-likeness (QED) is 0.491. The second-order valence-corrected chi connectivity index (χ2v) is 4.58. The van der Waals surface area contributed by atoms with Crippen molar-refractivity contribution in [2.75, 3.05) is 5.43 Å². The number of nitrogens with zero attached hydrogens (tertiary/aromatic N) is 5. The Kier molecular flexibility index (Phi) is 4.77. The van der Waals surface area contributed by atoms with E-state index in [4.69, 9.17) is 0 Å². The van der Waals surface area contributed by atoms with E-state index in [-0.39, 0.29) is 0 Å². The van der Waals surface area contributed by atoms with Gasteiger partial charge in [0.1, 0.15) is 0 Å². The fourth-order valence-electron chi connectivity index (χ4n) is 1.76. The normalized spacial score (nSPS) is 11.1. The topological polar surface area (TPSA) is 74.4 Å². The highest BCUT2D eigenvalue weighted by Crippen LogP contribution is 2.20. The third-order valence-electron chi connectivity index (χ3n) is 2.89. The summed E-state index contributed by atoms with van der Waals surface area (Å²) in [6, 6.07) is 22.5. The van der Waals surface area contributed by atoms with Crippen molar-refractivity contribution < 1.29 is 0 Å². The van der Waals surface area contributed by atoms with Gasteiger partial charge >= 0.3 is 0 Å². The lowest BCUT2D eigenvalue weighted by atomic mass is 10.3. The highest BCUT2D eigenvalue weighted by molar-refractivity contribution is 5.50. The molecule has 0 atom stereocenters. The third-order valence-corrected chi connectivity index (χ3v) is 2.89. The van der Waals surface area contributed by atoms with Crippen LogP contribution in [0.4, 0.5) is 22.9 Å². The minimum atomic E-state index is 0.549. The van der Waals surface area contributed by atoms with E-state index in [2.05, 4.69) is 31.0 Å². The van der Waals surface area contributed by atoms with Crippen LogP contribution in [-0.2, 0) is 0 Å². The summed E-state index contributed by atoms with van der Waals surface area (Å²) in [5.74, 6) is 0.549. The Balaban J connectivity index is 1.59. The highest BCUT2D eigenvalue weighted by Gasteiger charge is 1.93. The molecule has 0 unspecified atom stereocenters. The summed E-state index contributed by atoms with van der Waals surface area (Å²) in [5.41, 5.74) is 5.23. The molecule has 0 spiro atoms. The van der Waals surface area contributed by atoms with Crippen LogP contribution in [0.5, 0.6) is 0 Å². The zero-order chi connectivity index (χ0) is 15.7. The van der Waals surface area contributed by atoms with Crippen LogP contribution in [0.3, 0.4) is 0 Å². The Bertz CT molecular complexity index is 782. The Morgan fingerprint density at radius 1 is 0.652 bits per heavy atom. The second kappa shape index (κ2) is 7.56. The molecule has 0 aliphatic heterocycles. The molecule has 6 heteroatoms. The van der Waals surface area contributed by atoms with Crippen molar-refractivity contribution in [3.05, 3.63) is 79.0 Å². The Labute approximate surface area is 133 Å². The van der Waals surface area contributed by atoms with Gasteiger partial charge in [-0.05, 0) is 48.5 Å². The highest BCUT2D eigenvalue weighted by atomic mass is 15.4. The number of benzene rings is 2. The van der Waals surface area contributed by atoms with Crippen LogP contribution in [0.2, 0.25) is 0 Å². The molecule has 6 nitrogen and oxygen atoms in total. The van der Waals surface area contributed by atoms with Crippen LogP contribution in [0, 0.1) is 0 Å². The summed E-state index contributed by atoms with van der Waals surface area (Å²) in [5, 5.41) is 16.2. The molecule has 0 fully saturated rings. The number of aromatic nitrogens is 1. The number of azo groups is 1. The number of hydrogen-bond donors (Lipinski definition) is 1. The lowest BCUT2D eigenvalue weighted by molar-refractivity contribution is 1.09. The first-order chi connectivity index (χ1) is 11.4. The molecule has 112 valence electrons. The van der Waals surface area contributed by atoms with E-state index in [0.717, 1.165) is 17.1 Å². The SMILES string of the molecule is c1ccc(N=Nc2ccc(N/N=N\c3ccccn3)cc2)cc1. The number of hydrogen-bond acceptors (Lipinski definition) is 5. The minimum Gasteiger partial charge on any atom is -0.260 e. The van der Waals surface area contributed by atoms with Crippen molar-refractivity contribution >= 4 is 22.9 Å². The van der Waals surface area contributed by atoms with Gasteiger partial charge in [-0.15, -0.1) is 5.11 Å². The molecule has 1 N–H and O–H groups in total. The molecule has 0 aliphatic rings. The van der Waals surface area contributed by atoms with Gasteiger partial charge in [-0.25, -0.2) is 4.98 Å². The molecular formula is C17H14N6. The average Bonchev–Trinajstić information content (AvgIpc) is 2.63. The average molecular weight is 302 g/mol. The number of anilines is 1. The van der Waals surface area contributed by atoms with Crippen LogP contribution in [-0.4, -0.2) is 4.98 Å². The molecule has 3 rings (SSSR count). The van der Waals surface area contributed by atoms with E-state index in [0.29, 0.717) is 5.82 Å². The van der Waals surface area contributed by atoms with Gasteiger partial charge in [0, 0.05) is 6.20 Å². The summed E-state index contributed by atoms with van der Waals surface area (Å²) in [4.78, 5) is 4.05. The van der Waals surface area contributed by atoms with Crippen molar-refractivity contribution in [2.45, 2.75) is 0 Å². The predicted octanol–water partition coefficient (Wildman–Crippen LogP) is 5.61. The van der Waals surface area contributed by atoms with Crippen LogP contribution >= 0.6 is 0 Å². The first-order valence-corrected chi connectivity index (χ1v) is 7.05. The maximum Gasteiger partial charge on any atom is 0.176 e. The lowest BCUT2D eigenvalue weighted by Gasteiger charge is -1.99. The van der Waals surface area contributed by atoms with Crippen LogP contribution in [0.15, 0.2) is 99.6 Å². The van der Waals surface area contributed by atoms with Gasteiger partial charge in [0.15, 0.2) is 5.82 Å². The predicted molar refractivity (Wildman–Crippen MR) is 89.4 cm³/mol. The van der Waals surface area contributed by atoms with Gasteiger partial charge in [0.2, 0.25) is 0 Å². The molecule has 0 aliphatic carbocycles. The minimum absolute atomic E-state index is 0.549. The molecule has 2 aromatic carbocycles. The first-order valence-electron chi connectivity index (χ1n) is 7.05. The molecule has 0 saturated heterocycles. The number of rotatable bonds is 5. The zero-order valence-corrected chi connectivity index (χ0v) is 12.2. The van der Waals surface area contributed by atoms with E-state index in [9.17, 15) is 0 Å². The van der Waals surface area contributed by atoms with Crippen molar-refractivity contribution in [2.24, 2.45) is 20.6 Å². The van der Waals surface area contributed by atoms with E-state index in [1.165, 1.54) is 0 Å². The van der Waals surface area contributed by atoms with Crippen molar-refractivity contribution in [3.8, 4) is 0 Å². The number of nitrogens with one attached hydrogen (secondary N) is 1. The summed E-state index contributed by atoms with van der Waals surface area (Å²) in [7, 11) is 0. The van der Waals surface area contributed by atoms with E-state index in [1.54, 1.807) is 12.3 Å². The van der Waals surface area contributed by atoms with Gasteiger partial charge in [0.05, 0.1) is 17.1 Å². The summed E-state index contributed by atoms with van der Waals surface area (Å²) < 4.78 is 0. The Morgan fingerprint density at radius 2 is 1.35 bits per heavy atom. The standard InChI is InChI=1S/C17H14N6/c1-2-6-14(7-3-1)19-20-15-9-11-16(12-10-15)21-23-22-17-8-4-5-13-18-17/h1-13H,(H,18,21,22). The van der Waals surface area contributed by atoms with E-state index in [1.807, 2.05) is 66.7 Å². The Morgan fingerprint density at radius 3 is 2.04 bits per heavy atom. The summed E-state index contributed by atoms with van der Waals surface area (Å²) in [6.45, 7) is 0. The zero-order valence-electron chi connectivity index (χ0n) is 12.2.